The molecule has 0 saturated carbocycles. The number of amides is 2. The first-order valence-electron chi connectivity index (χ1n) is 10.7. The number of benzene rings is 2. The first-order chi connectivity index (χ1) is 15.6. The van der Waals surface area contributed by atoms with Gasteiger partial charge in [0.25, 0.3) is 0 Å². The summed E-state index contributed by atoms with van der Waals surface area (Å²) < 4.78 is 10.3. The number of ether oxygens (including phenoxy) is 1. The Morgan fingerprint density at radius 1 is 0.938 bits per heavy atom. The summed E-state index contributed by atoms with van der Waals surface area (Å²) in [7, 11) is 1.33. The second kappa shape index (κ2) is 10.2. The molecule has 166 valence electrons. The lowest BCUT2D eigenvalue weighted by Crippen LogP contribution is -2.38. The van der Waals surface area contributed by atoms with Crippen molar-refractivity contribution in [3.05, 3.63) is 78.3 Å². The molecule has 0 spiro atoms. The third kappa shape index (κ3) is 5.18. The van der Waals surface area contributed by atoms with Crippen molar-refractivity contribution < 1.29 is 18.7 Å². The smallest absolute Gasteiger partial charge is 0.373 e. The summed E-state index contributed by atoms with van der Waals surface area (Å²) in [4.78, 5) is 28.7. The number of rotatable bonds is 5. The molecule has 1 fully saturated rings. The van der Waals surface area contributed by atoms with Gasteiger partial charge in [-0.3, -0.25) is 4.90 Å². The van der Waals surface area contributed by atoms with E-state index in [1.165, 1.54) is 7.11 Å². The summed E-state index contributed by atoms with van der Waals surface area (Å²) >= 11 is 0. The Hall–Kier alpha value is -3.58. The van der Waals surface area contributed by atoms with Crippen molar-refractivity contribution in [2.24, 2.45) is 0 Å². The summed E-state index contributed by atoms with van der Waals surface area (Å²) in [5.41, 5.74) is 2.86. The lowest BCUT2D eigenvalue weighted by molar-refractivity contribution is 0.0561. The molecule has 0 radical (unpaired) electrons. The lowest BCUT2D eigenvalue weighted by atomic mass is 10.0. The third-order valence-electron chi connectivity index (χ3n) is 5.56. The normalized spacial score (nSPS) is 14.6. The Morgan fingerprint density at radius 2 is 1.72 bits per heavy atom. The van der Waals surface area contributed by atoms with Gasteiger partial charge in [0.2, 0.25) is 5.76 Å². The van der Waals surface area contributed by atoms with Crippen molar-refractivity contribution in [3.63, 3.8) is 0 Å². The monoisotopic (exact) mass is 433 g/mol. The van der Waals surface area contributed by atoms with Crippen LogP contribution in [-0.4, -0.2) is 55.1 Å². The SMILES string of the molecule is COC(=O)c1ccc(CN2CCCN(C(=O)Nc3ccccc3-c3ccccc3)CC2)o1. The molecule has 2 heterocycles. The zero-order valence-corrected chi connectivity index (χ0v) is 18.1. The molecule has 3 aromatic rings. The molecule has 1 N–H and O–H groups in total. The van der Waals surface area contributed by atoms with Crippen LogP contribution >= 0.6 is 0 Å². The fourth-order valence-electron chi connectivity index (χ4n) is 3.88. The average molecular weight is 434 g/mol. The van der Waals surface area contributed by atoms with Gasteiger partial charge in [0, 0.05) is 31.7 Å². The van der Waals surface area contributed by atoms with E-state index in [-0.39, 0.29) is 11.8 Å². The highest BCUT2D eigenvalue weighted by Crippen LogP contribution is 2.27. The number of nitrogens with one attached hydrogen (secondary N) is 1. The van der Waals surface area contributed by atoms with Crippen LogP contribution in [0.3, 0.4) is 0 Å². The van der Waals surface area contributed by atoms with E-state index in [0.717, 1.165) is 36.3 Å². The van der Waals surface area contributed by atoms with Gasteiger partial charge in [-0.15, -0.1) is 0 Å². The number of nitrogens with zero attached hydrogens (tertiary/aromatic N) is 2. The van der Waals surface area contributed by atoms with E-state index in [0.29, 0.717) is 25.4 Å². The molecule has 32 heavy (non-hydrogen) atoms. The second-order valence-electron chi connectivity index (χ2n) is 7.72. The van der Waals surface area contributed by atoms with Gasteiger partial charge in [-0.2, -0.15) is 0 Å². The van der Waals surface area contributed by atoms with Crippen LogP contribution < -0.4 is 5.32 Å². The first kappa shape index (κ1) is 21.6. The molecule has 1 aromatic heterocycles. The summed E-state index contributed by atoms with van der Waals surface area (Å²) in [5, 5.41) is 3.09. The van der Waals surface area contributed by atoms with Crippen molar-refractivity contribution in [1.82, 2.24) is 9.80 Å². The summed E-state index contributed by atoms with van der Waals surface area (Å²) in [6.45, 7) is 3.45. The van der Waals surface area contributed by atoms with Gasteiger partial charge in [0.05, 0.1) is 19.3 Å². The summed E-state index contributed by atoms with van der Waals surface area (Å²) in [6.07, 6.45) is 0.859. The number of carbonyl (C=O) groups excluding carboxylic acids is 2. The van der Waals surface area contributed by atoms with Crippen LogP contribution in [0.25, 0.3) is 11.1 Å². The quantitative estimate of drug-likeness (QED) is 0.601. The number of anilines is 1. The highest BCUT2D eigenvalue weighted by atomic mass is 16.5. The molecule has 0 unspecified atom stereocenters. The predicted molar refractivity (Wildman–Crippen MR) is 122 cm³/mol. The largest absolute Gasteiger partial charge is 0.463 e. The van der Waals surface area contributed by atoms with E-state index >= 15 is 0 Å². The Kier molecular flexibility index (Phi) is 6.87. The standard InChI is InChI=1S/C25H27N3O4/c1-31-24(29)23-13-12-20(32-23)18-27-14-7-15-28(17-16-27)25(30)26-22-11-6-5-10-21(22)19-8-3-2-4-9-19/h2-6,8-13H,7,14-18H2,1H3,(H,26,30). The molecule has 7 heteroatoms. The first-order valence-corrected chi connectivity index (χ1v) is 10.7. The van der Waals surface area contributed by atoms with E-state index in [1.807, 2.05) is 59.5 Å². The van der Waals surface area contributed by atoms with Crippen LogP contribution in [0, 0.1) is 0 Å². The Labute approximate surface area is 187 Å². The third-order valence-corrected chi connectivity index (χ3v) is 5.56. The number of urea groups is 1. The molecule has 1 saturated heterocycles. The van der Waals surface area contributed by atoms with E-state index < -0.39 is 5.97 Å². The van der Waals surface area contributed by atoms with Gasteiger partial charge >= 0.3 is 12.0 Å². The Bertz CT molecular complexity index is 1060. The zero-order chi connectivity index (χ0) is 22.3. The highest BCUT2D eigenvalue weighted by molar-refractivity contribution is 5.94. The fourth-order valence-corrected chi connectivity index (χ4v) is 3.88. The van der Waals surface area contributed by atoms with Gasteiger partial charge in [-0.05, 0) is 30.2 Å². The predicted octanol–water partition coefficient (Wildman–Crippen LogP) is 4.47. The van der Waals surface area contributed by atoms with Crippen LogP contribution in [0.5, 0.6) is 0 Å². The van der Waals surface area contributed by atoms with Gasteiger partial charge in [0.1, 0.15) is 5.76 Å². The maximum absolute atomic E-state index is 13.0. The maximum atomic E-state index is 13.0. The molecule has 2 amide bonds. The molecule has 4 rings (SSSR count). The van der Waals surface area contributed by atoms with Crippen LogP contribution in [0.2, 0.25) is 0 Å². The zero-order valence-electron chi connectivity index (χ0n) is 18.1. The van der Waals surface area contributed by atoms with E-state index in [4.69, 9.17) is 4.42 Å². The van der Waals surface area contributed by atoms with Crippen molar-refractivity contribution in [2.45, 2.75) is 13.0 Å². The molecule has 2 aromatic carbocycles. The number of hydrogen-bond donors (Lipinski definition) is 1. The van der Waals surface area contributed by atoms with E-state index in [2.05, 4.69) is 15.0 Å². The molecule has 0 aliphatic carbocycles. The average Bonchev–Trinajstić information content (AvgIpc) is 3.17. The minimum absolute atomic E-state index is 0.0961. The summed E-state index contributed by atoms with van der Waals surface area (Å²) in [5.74, 6) is 0.432. The Balaban J connectivity index is 1.36. The van der Waals surface area contributed by atoms with Crippen LogP contribution in [0.15, 0.2) is 71.1 Å². The molecule has 0 atom stereocenters. The molecule has 1 aliphatic rings. The van der Waals surface area contributed by atoms with Crippen molar-refractivity contribution in [3.8, 4) is 11.1 Å². The molecular weight excluding hydrogens is 406 g/mol. The molecular formula is C25H27N3O4. The van der Waals surface area contributed by atoms with E-state index in [9.17, 15) is 9.59 Å². The van der Waals surface area contributed by atoms with E-state index in [1.54, 1.807) is 12.1 Å². The van der Waals surface area contributed by atoms with Gasteiger partial charge in [-0.25, -0.2) is 9.59 Å². The fraction of sp³-hybridized carbons (Fsp3) is 0.280. The highest BCUT2D eigenvalue weighted by Gasteiger charge is 2.21. The van der Waals surface area contributed by atoms with Crippen molar-refractivity contribution in [2.75, 3.05) is 38.6 Å². The lowest BCUT2D eigenvalue weighted by Gasteiger charge is -2.22. The van der Waals surface area contributed by atoms with Crippen LogP contribution in [0.1, 0.15) is 22.7 Å². The molecule has 7 nitrogen and oxygen atoms in total. The maximum Gasteiger partial charge on any atom is 0.373 e. The van der Waals surface area contributed by atoms with Crippen LogP contribution in [0.4, 0.5) is 10.5 Å². The summed E-state index contributed by atoms with van der Waals surface area (Å²) in [6, 6.07) is 21.2. The topological polar surface area (TPSA) is 75.0 Å². The minimum Gasteiger partial charge on any atom is -0.463 e. The number of esters is 1. The minimum atomic E-state index is -0.481. The number of furan rings is 1. The van der Waals surface area contributed by atoms with Crippen molar-refractivity contribution >= 4 is 17.7 Å². The van der Waals surface area contributed by atoms with Gasteiger partial charge in [-0.1, -0.05) is 48.5 Å². The number of hydrogen-bond acceptors (Lipinski definition) is 5. The number of carbonyl (C=O) groups is 2. The molecule has 1 aliphatic heterocycles. The molecule has 0 bridgehead atoms. The second-order valence-corrected chi connectivity index (χ2v) is 7.72. The number of para-hydroxylation sites is 1. The van der Waals surface area contributed by atoms with Gasteiger partial charge in [0.15, 0.2) is 0 Å². The Morgan fingerprint density at radius 3 is 2.53 bits per heavy atom. The van der Waals surface area contributed by atoms with Gasteiger partial charge < -0.3 is 19.4 Å². The van der Waals surface area contributed by atoms with Crippen molar-refractivity contribution in [1.29, 1.82) is 0 Å². The van der Waals surface area contributed by atoms with Crippen LogP contribution in [-0.2, 0) is 11.3 Å². The number of methoxy groups -OCH3 is 1.